The molecule has 0 bridgehead atoms. The molecule has 1 atom stereocenters. The van der Waals surface area contributed by atoms with Crippen molar-refractivity contribution in [3.05, 3.63) is 29.8 Å². The molecule has 1 aromatic rings. The zero-order valence-corrected chi connectivity index (χ0v) is 17.2. The Morgan fingerprint density at radius 2 is 1.80 bits per heavy atom. The second-order valence-corrected chi connectivity index (χ2v) is 10.4. The number of alkyl halides is 2. The van der Waals surface area contributed by atoms with Crippen LogP contribution >= 0.6 is 0 Å². The summed E-state index contributed by atoms with van der Waals surface area (Å²) in [5.41, 5.74) is 7.99. The third kappa shape index (κ3) is 4.01. The first-order valence-corrected chi connectivity index (χ1v) is 11.1. The third-order valence-corrected chi connectivity index (χ3v) is 8.52. The van der Waals surface area contributed by atoms with Crippen LogP contribution in [0, 0.1) is 0 Å². The Balaban J connectivity index is 1.67. The van der Waals surface area contributed by atoms with Gasteiger partial charge in [0.05, 0.1) is 0 Å². The Morgan fingerprint density at radius 1 is 1.16 bits per heavy atom. The Labute approximate surface area is 159 Å². The summed E-state index contributed by atoms with van der Waals surface area (Å²) < 4.78 is 13.9. The Hall–Kier alpha value is -1.13. The number of nitrogens with two attached hydrogens (primary N) is 1. The molecule has 6 nitrogen and oxygen atoms in total. The molecule has 2 aliphatic heterocycles. The van der Waals surface area contributed by atoms with Gasteiger partial charge in [0.2, 0.25) is 0 Å². The van der Waals surface area contributed by atoms with Crippen molar-refractivity contribution in [2.24, 2.45) is 15.3 Å². The van der Waals surface area contributed by atoms with E-state index in [9.17, 15) is 0 Å². The molecule has 8 heteroatoms. The minimum atomic E-state index is -0.311. The predicted octanol–water partition coefficient (Wildman–Crippen LogP) is -1.88. The standard InChI is InChI=1S/C17H23BIN4O2/c1-16(2)17(3,4)25-18(24-16)13-7-5-12(6-8-13)15-9-14(10-19-15)23-22-11-21-20/h5-8,11,15,20H,9-10H2,1-4H3/q-1/p+1/b21-20?,22-11-,23-14-/t15-/m1/s1. The van der Waals surface area contributed by atoms with Gasteiger partial charge in [0, 0.05) is 0 Å². The summed E-state index contributed by atoms with van der Waals surface area (Å²) in [6.45, 7) is 8.30. The quantitative estimate of drug-likeness (QED) is 0.110. The number of halogens is 1. The molecule has 2 heterocycles. The van der Waals surface area contributed by atoms with Crippen molar-refractivity contribution in [1.29, 1.82) is 0 Å². The molecule has 0 radical (unpaired) electrons. The molecule has 2 fully saturated rings. The Bertz CT molecular complexity index is 687. The van der Waals surface area contributed by atoms with E-state index in [1.54, 1.807) is 0 Å². The predicted molar refractivity (Wildman–Crippen MR) is 94.7 cm³/mol. The molecular weight excluding hydrogens is 430 g/mol. The van der Waals surface area contributed by atoms with Gasteiger partial charge < -0.3 is 0 Å². The van der Waals surface area contributed by atoms with Crippen LogP contribution in [0.5, 0.6) is 0 Å². The number of benzene rings is 1. The zero-order chi connectivity index (χ0) is 18.1. The molecule has 2 aliphatic rings. The van der Waals surface area contributed by atoms with Crippen molar-refractivity contribution in [2.45, 2.75) is 49.2 Å². The topological polar surface area (TPSA) is 81.1 Å². The van der Waals surface area contributed by atoms with E-state index >= 15 is 0 Å². The van der Waals surface area contributed by atoms with Gasteiger partial charge in [-0.3, -0.25) is 0 Å². The van der Waals surface area contributed by atoms with Crippen LogP contribution in [0.15, 0.2) is 39.6 Å². The van der Waals surface area contributed by atoms with E-state index in [4.69, 9.17) is 14.8 Å². The van der Waals surface area contributed by atoms with Crippen molar-refractivity contribution in [1.82, 2.24) is 0 Å². The van der Waals surface area contributed by atoms with Crippen molar-refractivity contribution in [2.75, 3.05) is 4.43 Å². The van der Waals surface area contributed by atoms with E-state index in [0.29, 0.717) is 3.92 Å². The SMILES string of the molecule is CC1(C)OB(c2ccc([C@H]3C/C(=N/N=C\N=[NH2+])C[I-]3)cc2)OC1(C)C. The fourth-order valence-corrected chi connectivity index (χ4v) is 6.00. The van der Waals surface area contributed by atoms with Crippen molar-refractivity contribution >= 4 is 24.6 Å². The van der Waals surface area contributed by atoms with Crippen molar-refractivity contribution in [3.8, 4) is 0 Å². The van der Waals surface area contributed by atoms with Crippen molar-refractivity contribution < 1.29 is 36.0 Å². The van der Waals surface area contributed by atoms with Gasteiger partial charge in [-0.05, 0) is 0 Å². The molecule has 0 saturated carbocycles. The summed E-state index contributed by atoms with van der Waals surface area (Å²) >= 11 is 0.0538. The molecule has 0 unspecified atom stereocenters. The summed E-state index contributed by atoms with van der Waals surface area (Å²) in [7, 11) is -0.302. The summed E-state index contributed by atoms with van der Waals surface area (Å²) in [5, 5.41) is 11.4. The number of rotatable bonds is 4. The molecule has 3 rings (SSSR count). The van der Waals surface area contributed by atoms with Crippen LogP contribution in [-0.4, -0.2) is 34.8 Å². The maximum atomic E-state index is 6.12. The molecule has 0 aromatic heterocycles. The van der Waals surface area contributed by atoms with Gasteiger partial charge in [0.15, 0.2) is 0 Å². The molecule has 0 aliphatic carbocycles. The van der Waals surface area contributed by atoms with E-state index < -0.39 is 0 Å². The van der Waals surface area contributed by atoms with Crippen LogP contribution in [0.2, 0.25) is 0 Å². The van der Waals surface area contributed by atoms with Gasteiger partial charge in [0.25, 0.3) is 0 Å². The second kappa shape index (κ2) is 7.24. The van der Waals surface area contributed by atoms with Crippen LogP contribution in [0.3, 0.4) is 0 Å². The number of hydrogen-bond acceptors (Lipinski definition) is 4. The van der Waals surface area contributed by atoms with Crippen LogP contribution < -0.4 is 32.2 Å². The van der Waals surface area contributed by atoms with Gasteiger partial charge in [0.1, 0.15) is 0 Å². The van der Waals surface area contributed by atoms with Gasteiger partial charge >= 0.3 is 159 Å². The number of nitrogens with zero attached hydrogens (tertiary/aromatic N) is 3. The fraction of sp³-hybridized carbons (Fsp3) is 0.529. The van der Waals surface area contributed by atoms with Gasteiger partial charge in [-0.2, -0.15) is 0 Å². The van der Waals surface area contributed by atoms with Crippen LogP contribution in [0.1, 0.15) is 43.6 Å². The van der Waals surface area contributed by atoms with Crippen LogP contribution in [0.25, 0.3) is 0 Å². The van der Waals surface area contributed by atoms with E-state index in [2.05, 4.69) is 67.3 Å². The molecule has 134 valence electrons. The second-order valence-electron chi connectivity index (χ2n) is 7.26. The average molecular weight is 454 g/mol. The van der Waals surface area contributed by atoms with E-state index in [1.807, 2.05) is 0 Å². The molecule has 2 saturated heterocycles. The zero-order valence-electron chi connectivity index (χ0n) is 15.1. The van der Waals surface area contributed by atoms with Crippen LogP contribution in [0.4, 0.5) is 0 Å². The first-order chi connectivity index (χ1) is 11.8. The molecule has 1 aromatic carbocycles. The molecule has 2 N–H and O–H groups in total. The first kappa shape index (κ1) is 18.7. The van der Waals surface area contributed by atoms with Gasteiger partial charge in [-0.1, -0.05) is 0 Å². The minimum absolute atomic E-state index is 0.0538. The summed E-state index contributed by atoms with van der Waals surface area (Å²) in [4.78, 5) is 0. The number of hydrogen-bond donors (Lipinski definition) is 1. The average Bonchev–Trinajstić information content (AvgIpc) is 3.10. The summed E-state index contributed by atoms with van der Waals surface area (Å²) in [5.74, 6) is 0. The maximum absolute atomic E-state index is 6.12. The van der Waals surface area contributed by atoms with Crippen molar-refractivity contribution in [3.63, 3.8) is 0 Å². The molecule has 0 spiro atoms. The summed E-state index contributed by atoms with van der Waals surface area (Å²) in [6.07, 6.45) is 2.25. The van der Waals surface area contributed by atoms with E-state index in [1.165, 1.54) is 11.9 Å². The first-order valence-electron chi connectivity index (χ1n) is 8.33. The Morgan fingerprint density at radius 3 is 2.40 bits per heavy atom. The molecule has 25 heavy (non-hydrogen) atoms. The van der Waals surface area contributed by atoms with Crippen LogP contribution in [-0.2, 0) is 9.31 Å². The fourth-order valence-electron chi connectivity index (χ4n) is 2.75. The Kier molecular flexibility index (Phi) is 5.41. The van der Waals surface area contributed by atoms with Gasteiger partial charge in [-0.25, -0.2) is 0 Å². The van der Waals surface area contributed by atoms with Gasteiger partial charge in [-0.15, -0.1) is 0 Å². The molecular formula is C17H24BIN4O2. The summed E-state index contributed by atoms with van der Waals surface area (Å²) in [6, 6.07) is 8.65. The monoisotopic (exact) mass is 454 g/mol. The van der Waals surface area contributed by atoms with E-state index in [-0.39, 0.29) is 39.5 Å². The van der Waals surface area contributed by atoms with E-state index in [0.717, 1.165) is 22.0 Å². The third-order valence-electron chi connectivity index (χ3n) is 4.97. The normalized spacial score (nSPS) is 27.0. The molecule has 0 amide bonds.